The number of rotatable bonds is 2. The summed E-state index contributed by atoms with van der Waals surface area (Å²) in [6, 6.07) is 18.1. The molecule has 0 N–H and O–H groups in total. The van der Waals surface area contributed by atoms with Crippen molar-refractivity contribution in [3.63, 3.8) is 0 Å². The zero-order valence-corrected chi connectivity index (χ0v) is 17.4. The van der Waals surface area contributed by atoms with Crippen molar-refractivity contribution in [2.24, 2.45) is 0 Å². The fraction of sp³-hybridized carbons (Fsp3) is 0.158. The Hall–Kier alpha value is -0.630. The van der Waals surface area contributed by atoms with E-state index in [4.69, 9.17) is 0 Å². The van der Waals surface area contributed by atoms with Crippen LogP contribution >= 0.6 is 0 Å². The number of fused-ring (bicyclic) bond motifs is 3. The van der Waals surface area contributed by atoms with Gasteiger partial charge in [0.15, 0.2) is 0 Å². The van der Waals surface area contributed by atoms with Gasteiger partial charge in [0.2, 0.25) is 0 Å². The van der Waals surface area contributed by atoms with E-state index in [0.717, 1.165) is 3.67 Å². The van der Waals surface area contributed by atoms with E-state index in [1.54, 1.807) is 20.0 Å². The first kappa shape index (κ1) is 17.7. The topological polar surface area (TPSA) is 0 Å². The molecule has 4 rings (SSSR count). The second-order valence-corrected chi connectivity index (χ2v) is 10.8. The minimum absolute atomic E-state index is 0. The summed E-state index contributed by atoms with van der Waals surface area (Å²) in [4.78, 5) is 0. The molecule has 0 nitrogen and oxygen atoms in total. The molecule has 110 valence electrons. The summed E-state index contributed by atoms with van der Waals surface area (Å²) in [5.41, 5.74) is 7.68. The van der Waals surface area contributed by atoms with Crippen LogP contribution in [0.2, 0.25) is 0 Å². The SMILES string of the molecule is CC1=[C]([Hf+2][CH]2c3ccccc3-c3ccccc32)CC=C1.[Cl-].[Cl-]. The second-order valence-electron chi connectivity index (χ2n) is 5.52. The Bertz CT molecular complexity index is 701. The van der Waals surface area contributed by atoms with Gasteiger partial charge in [-0.05, 0) is 0 Å². The van der Waals surface area contributed by atoms with Crippen LogP contribution in [0.5, 0.6) is 0 Å². The van der Waals surface area contributed by atoms with Crippen LogP contribution in [-0.2, 0) is 22.9 Å². The molecule has 0 aromatic heterocycles. The maximum absolute atomic E-state index is 2.35. The first-order valence-corrected chi connectivity index (χ1v) is 11.0. The van der Waals surface area contributed by atoms with E-state index in [0.29, 0.717) is 0 Å². The van der Waals surface area contributed by atoms with Crippen LogP contribution in [0.15, 0.2) is 69.6 Å². The standard InChI is InChI=1S/C13H9.C6H7.2ClH.Hf/c1-3-7-12-10(5-1)9-11-6-2-4-8-13(11)12;1-6-4-2-3-5-6;;;/h1-9H;2,4H,3H2,1H3;2*1H;/q;;;;+2/p-2. The normalized spacial score (nSPS) is 14.8. The third-order valence-electron chi connectivity index (χ3n) is 4.32. The van der Waals surface area contributed by atoms with Gasteiger partial charge >= 0.3 is 132 Å². The first-order chi connectivity index (χ1) is 9.84. The van der Waals surface area contributed by atoms with Gasteiger partial charge in [-0.15, -0.1) is 0 Å². The zero-order valence-electron chi connectivity index (χ0n) is 12.3. The predicted molar refractivity (Wildman–Crippen MR) is 80.2 cm³/mol. The Morgan fingerprint density at radius 1 is 0.864 bits per heavy atom. The number of halogens is 2. The molecule has 2 aliphatic carbocycles. The summed E-state index contributed by atoms with van der Waals surface area (Å²) >= 11 is -0.861. The first-order valence-electron chi connectivity index (χ1n) is 7.15. The molecule has 0 radical (unpaired) electrons. The molecule has 0 unspecified atom stereocenters. The number of hydrogen-bond acceptors (Lipinski definition) is 0. The molecule has 0 saturated heterocycles. The van der Waals surface area contributed by atoms with Crippen molar-refractivity contribution >= 4 is 0 Å². The van der Waals surface area contributed by atoms with Crippen LogP contribution in [0.4, 0.5) is 0 Å². The molecule has 22 heavy (non-hydrogen) atoms. The van der Waals surface area contributed by atoms with Crippen molar-refractivity contribution < 1.29 is 47.7 Å². The molecule has 0 amide bonds. The molecule has 0 aliphatic heterocycles. The summed E-state index contributed by atoms with van der Waals surface area (Å²) in [6.07, 6.45) is 5.87. The average molecular weight is 494 g/mol. The monoisotopic (exact) mass is 494 g/mol. The van der Waals surface area contributed by atoms with Gasteiger partial charge in [-0.25, -0.2) is 0 Å². The van der Waals surface area contributed by atoms with Crippen LogP contribution in [0.1, 0.15) is 28.1 Å². The van der Waals surface area contributed by atoms with Crippen molar-refractivity contribution in [1.29, 1.82) is 0 Å². The summed E-state index contributed by atoms with van der Waals surface area (Å²) in [7, 11) is 0. The fourth-order valence-corrected chi connectivity index (χ4v) is 9.42. The van der Waals surface area contributed by atoms with Crippen molar-refractivity contribution in [2.45, 2.75) is 17.0 Å². The van der Waals surface area contributed by atoms with Crippen LogP contribution in [-0.4, -0.2) is 0 Å². The van der Waals surface area contributed by atoms with Gasteiger partial charge in [-0.2, -0.15) is 0 Å². The van der Waals surface area contributed by atoms with E-state index in [-0.39, 0.29) is 24.8 Å². The Morgan fingerprint density at radius 3 is 1.91 bits per heavy atom. The maximum Gasteiger partial charge on any atom is -1.00 e. The molecule has 0 heterocycles. The molecule has 0 fully saturated rings. The predicted octanol–water partition coefficient (Wildman–Crippen LogP) is -0.919. The van der Waals surface area contributed by atoms with Crippen molar-refractivity contribution in [1.82, 2.24) is 0 Å². The zero-order chi connectivity index (χ0) is 13.5. The van der Waals surface area contributed by atoms with Gasteiger partial charge < -0.3 is 24.8 Å². The largest absolute Gasteiger partial charge is 1.00 e. The summed E-state index contributed by atoms with van der Waals surface area (Å²) in [5, 5.41) is 0. The third-order valence-corrected chi connectivity index (χ3v) is 11.0. The molecular weight excluding hydrogens is 478 g/mol. The van der Waals surface area contributed by atoms with E-state index in [1.165, 1.54) is 17.5 Å². The summed E-state index contributed by atoms with van der Waals surface area (Å²) < 4.78 is 2.52. The molecule has 0 bridgehead atoms. The van der Waals surface area contributed by atoms with E-state index < -0.39 is 22.9 Å². The van der Waals surface area contributed by atoms with Crippen LogP contribution < -0.4 is 24.8 Å². The Labute approximate surface area is 155 Å². The molecule has 2 aromatic carbocycles. The molecule has 3 heteroatoms. The second kappa shape index (κ2) is 7.29. The van der Waals surface area contributed by atoms with E-state index in [1.807, 2.05) is 0 Å². The molecular formula is C19H16Cl2Hf. The minimum atomic E-state index is -0.861. The molecule has 0 saturated carbocycles. The Kier molecular flexibility index (Phi) is 5.87. The molecule has 0 spiro atoms. The Morgan fingerprint density at radius 2 is 1.41 bits per heavy atom. The number of benzene rings is 2. The van der Waals surface area contributed by atoms with Crippen LogP contribution in [0.3, 0.4) is 0 Å². The van der Waals surface area contributed by atoms with Gasteiger partial charge in [0.25, 0.3) is 0 Å². The molecule has 2 aromatic rings. The van der Waals surface area contributed by atoms with E-state index >= 15 is 0 Å². The number of allylic oxidation sites excluding steroid dienone is 4. The summed E-state index contributed by atoms with van der Waals surface area (Å²) in [6.45, 7) is 2.29. The quantitative estimate of drug-likeness (QED) is 0.475. The molecule has 2 aliphatic rings. The van der Waals surface area contributed by atoms with E-state index in [2.05, 4.69) is 67.6 Å². The third kappa shape index (κ3) is 2.91. The van der Waals surface area contributed by atoms with Crippen LogP contribution in [0.25, 0.3) is 11.1 Å². The minimum Gasteiger partial charge on any atom is -1.00 e. The number of hydrogen-bond donors (Lipinski definition) is 0. The van der Waals surface area contributed by atoms with Gasteiger partial charge in [0.1, 0.15) is 0 Å². The van der Waals surface area contributed by atoms with Gasteiger partial charge in [-0.1, -0.05) is 0 Å². The smallest absolute Gasteiger partial charge is 1.00 e. The van der Waals surface area contributed by atoms with Crippen molar-refractivity contribution in [2.75, 3.05) is 0 Å². The molecule has 0 atom stereocenters. The van der Waals surface area contributed by atoms with Crippen molar-refractivity contribution in [3.8, 4) is 11.1 Å². The fourth-order valence-electron chi connectivity index (χ4n) is 3.27. The summed E-state index contributed by atoms with van der Waals surface area (Å²) in [5.74, 6) is 0. The van der Waals surface area contributed by atoms with Gasteiger partial charge in [-0.3, -0.25) is 0 Å². The Balaban J connectivity index is 0.000000882. The van der Waals surface area contributed by atoms with Crippen LogP contribution in [0, 0.1) is 0 Å². The maximum atomic E-state index is 2.35. The van der Waals surface area contributed by atoms with Gasteiger partial charge in [0, 0.05) is 0 Å². The van der Waals surface area contributed by atoms with E-state index in [9.17, 15) is 0 Å². The van der Waals surface area contributed by atoms with Crippen molar-refractivity contribution in [3.05, 3.63) is 80.7 Å². The average Bonchev–Trinajstić information content (AvgIpc) is 3.03. The van der Waals surface area contributed by atoms with Gasteiger partial charge in [0.05, 0.1) is 0 Å².